The highest BCUT2D eigenvalue weighted by atomic mass is 16.7. The first-order valence-corrected chi connectivity index (χ1v) is 23.8. The van der Waals surface area contributed by atoms with E-state index in [1.54, 1.807) is 0 Å². The third-order valence-corrected chi connectivity index (χ3v) is 8.99. The minimum absolute atomic E-state index is 0.0206. The summed E-state index contributed by atoms with van der Waals surface area (Å²) in [6, 6.07) is 0. The van der Waals surface area contributed by atoms with Crippen LogP contribution in [0.2, 0.25) is 0 Å². The molecule has 0 aromatic carbocycles. The van der Waals surface area contributed by atoms with Crippen LogP contribution in [0.5, 0.6) is 0 Å². The number of nitrogens with two attached hydrogens (primary N) is 1. The Hall–Kier alpha value is -1.17. The first-order valence-electron chi connectivity index (χ1n) is 23.8. The van der Waals surface area contributed by atoms with Gasteiger partial charge in [-0.1, -0.05) is 71.1 Å². The summed E-state index contributed by atoms with van der Waals surface area (Å²) in [5.41, 5.74) is 5.53. The van der Waals surface area contributed by atoms with E-state index in [-0.39, 0.29) is 12.5 Å². The van der Waals surface area contributed by atoms with Crippen LogP contribution in [0, 0.1) is 0 Å². The van der Waals surface area contributed by atoms with Gasteiger partial charge in [0.05, 0.1) is 165 Å². The highest BCUT2D eigenvalue weighted by Gasteiger charge is 2.14. The molecule has 0 aliphatic rings. The van der Waals surface area contributed by atoms with Gasteiger partial charge in [0.15, 0.2) is 0 Å². The van der Waals surface area contributed by atoms with E-state index in [0.29, 0.717) is 178 Å². The van der Waals surface area contributed by atoms with E-state index in [1.165, 1.54) is 62.9 Å². The van der Waals surface area contributed by atoms with Crippen LogP contribution in [0.15, 0.2) is 0 Å². The Balaban J connectivity index is 3.58. The van der Waals surface area contributed by atoms with Crippen molar-refractivity contribution in [3.8, 4) is 0 Å². The predicted octanol–water partition coefficient (Wildman–Crippen LogP) is 2.76. The predicted molar refractivity (Wildman–Crippen MR) is 240 cm³/mol. The van der Waals surface area contributed by atoms with Crippen molar-refractivity contribution < 1.29 is 66.8 Å². The molecule has 0 fully saturated rings. The van der Waals surface area contributed by atoms with Gasteiger partial charge in [-0.25, -0.2) is 5.06 Å². The van der Waals surface area contributed by atoms with Gasteiger partial charge in [-0.2, -0.15) is 0 Å². The molecule has 0 bridgehead atoms. The number of ether oxygens (including phenoxy) is 11. The second-order valence-electron chi connectivity index (χ2n) is 14.4. The van der Waals surface area contributed by atoms with Crippen molar-refractivity contribution in [2.45, 2.75) is 84.0 Å². The summed E-state index contributed by atoms with van der Waals surface area (Å²) in [5.74, 6) is 0.0294. The summed E-state index contributed by atoms with van der Waals surface area (Å²) < 4.78 is 60.2. The zero-order valence-electron chi connectivity index (χ0n) is 39.0. The number of amides is 1. The van der Waals surface area contributed by atoms with Gasteiger partial charge in [0, 0.05) is 39.1 Å². The lowest BCUT2D eigenvalue weighted by molar-refractivity contribution is -0.191. The van der Waals surface area contributed by atoms with Crippen LogP contribution in [-0.4, -0.2) is 214 Å². The van der Waals surface area contributed by atoms with Gasteiger partial charge in [0.2, 0.25) is 5.91 Å². The van der Waals surface area contributed by atoms with Crippen LogP contribution in [0.1, 0.15) is 84.0 Å². The van der Waals surface area contributed by atoms with Crippen molar-refractivity contribution in [3.63, 3.8) is 0 Å². The first-order chi connectivity index (χ1) is 30.8. The number of nitrogens with zero attached hydrogens (tertiary/aromatic N) is 1. The summed E-state index contributed by atoms with van der Waals surface area (Å²) in [4.78, 5) is 18.8. The highest BCUT2D eigenvalue weighted by molar-refractivity contribution is 5.75. The average molecular weight is 901 g/mol. The molecule has 0 aromatic rings. The lowest BCUT2D eigenvalue weighted by atomic mass is 10.1. The van der Waals surface area contributed by atoms with Crippen molar-refractivity contribution in [2.75, 3.05) is 198 Å². The van der Waals surface area contributed by atoms with Gasteiger partial charge in [-0.05, 0) is 6.42 Å². The highest BCUT2D eigenvalue weighted by Crippen LogP contribution is 2.12. The lowest BCUT2D eigenvalue weighted by Gasteiger charge is -2.22. The molecule has 0 atom stereocenters. The Morgan fingerprint density at radius 1 is 0.419 bits per heavy atom. The summed E-state index contributed by atoms with van der Waals surface area (Å²) in [5, 5.41) is 16.7. The van der Waals surface area contributed by atoms with Crippen LogP contribution < -0.4 is 16.4 Å². The summed E-state index contributed by atoms with van der Waals surface area (Å²) in [7, 11) is 0. The van der Waals surface area contributed by atoms with Crippen molar-refractivity contribution in [1.29, 1.82) is 0 Å². The fraction of sp³-hybridized carbons (Fsp3) is 0.977. The number of carbonyl (C=O) groups is 1. The maximum absolute atomic E-state index is 13.0. The second-order valence-corrected chi connectivity index (χ2v) is 14.4. The Morgan fingerprint density at radius 3 is 1.06 bits per heavy atom. The van der Waals surface area contributed by atoms with Gasteiger partial charge >= 0.3 is 0 Å². The van der Waals surface area contributed by atoms with Crippen LogP contribution in [0.4, 0.5) is 0 Å². The van der Waals surface area contributed by atoms with Crippen LogP contribution in [-0.2, 0) is 61.7 Å². The molecule has 372 valence electrons. The molecule has 0 aliphatic heterocycles. The molecule has 0 saturated carbocycles. The largest absolute Gasteiger partial charge is 0.394 e. The number of hydroxylamine groups is 2. The number of nitrogens with one attached hydrogen (secondary N) is 2. The molecular formula is C44H92N4O14. The van der Waals surface area contributed by atoms with Gasteiger partial charge < -0.3 is 73.6 Å². The third kappa shape index (κ3) is 51.5. The van der Waals surface area contributed by atoms with Crippen LogP contribution in [0.3, 0.4) is 0 Å². The van der Waals surface area contributed by atoms with E-state index in [1.807, 2.05) is 0 Å². The molecule has 18 heteroatoms. The molecule has 0 aromatic heterocycles. The number of aliphatic hydroxyl groups excluding tert-OH is 1. The SMILES string of the molecule is CCCCCCCCCCCCCC(=O)N(CCNCCNCCN)OCCOCCOCCOCCOCCOCCOCCOCCOCCOCCOCCOCCO. The normalized spacial score (nSPS) is 11.6. The Morgan fingerprint density at radius 2 is 0.726 bits per heavy atom. The van der Waals surface area contributed by atoms with E-state index in [0.717, 1.165) is 32.5 Å². The number of carbonyl (C=O) groups excluding carboxylic acids is 1. The van der Waals surface area contributed by atoms with Gasteiger partial charge in [-0.3, -0.25) is 9.63 Å². The monoisotopic (exact) mass is 901 g/mol. The Labute approximate surface area is 375 Å². The summed E-state index contributed by atoms with van der Waals surface area (Å²) >= 11 is 0. The quantitative estimate of drug-likeness (QED) is 0.0513. The van der Waals surface area contributed by atoms with E-state index in [2.05, 4.69) is 17.6 Å². The number of hydrogen-bond donors (Lipinski definition) is 4. The molecule has 0 saturated heterocycles. The molecular weight excluding hydrogens is 808 g/mol. The lowest BCUT2D eigenvalue weighted by Crippen LogP contribution is -2.39. The molecule has 18 nitrogen and oxygen atoms in total. The molecule has 0 heterocycles. The smallest absolute Gasteiger partial charge is 0.246 e. The minimum Gasteiger partial charge on any atom is -0.394 e. The molecule has 0 radical (unpaired) electrons. The summed E-state index contributed by atoms with van der Waals surface area (Å²) in [6.45, 7) is 17.1. The van der Waals surface area contributed by atoms with Crippen molar-refractivity contribution >= 4 is 5.91 Å². The Kier molecular flexibility index (Phi) is 54.9. The van der Waals surface area contributed by atoms with E-state index in [9.17, 15) is 4.79 Å². The molecule has 0 rings (SSSR count). The fourth-order valence-electron chi connectivity index (χ4n) is 5.61. The second kappa shape index (κ2) is 56.0. The molecule has 5 N–H and O–H groups in total. The van der Waals surface area contributed by atoms with Crippen LogP contribution >= 0.6 is 0 Å². The van der Waals surface area contributed by atoms with Crippen molar-refractivity contribution in [2.24, 2.45) is 5.73 Å². The maximum Gasteiger partial charge on any atom is 0.246 e. The maximum atomic E-state index is 13.0. The van der Waals surface area contributed by atoms with E-state index >= 15 is 0 Å². The number of hydrogen-bond acceptors (Lipinski definition) is 17. The first kappa shape index (κ1) is 60.8. The average Bonchev–Trinajstić information content (AvgIpc) is 3.28. The molecule has 0 unspecified atom stereocenters. The standard InChI is InChI=1S/C44H92N4O14/c1-2-3-4-5-6-7-8-9-10-11-12-13-44(50)48(19-18-47-17-16-46-15-14-45)62-43-42-61-41-40-60-39-38-59-37-36-58-35-34-57-33-32-56-31-30-55-29-28-54-27-26-53-25-24-52-23-22-51-21-20-49/h46-47,49H,2-43,45H2,1H3. The van der Waals surface area contributed by atoms with Gasteiger partial charge in [0.25, 0.3) is 0 Å². The molecule has 62 heavy (non-hydrogen) atoms. The number of aliphatic hydroxyl groups is 1. The van der Waals surface area contributed by atoms with E-state index < -0.39 is 0 Å². The zero-order chi connectivity index (χ0) is 44.8. The van der Waals surface area contributed by atoms with Crippen molar-refractivity contribution in [3.05, 3.63) is 0 Å². The topological polar surface area (TPSA) is 201 Å². The van der Waals surface area contributed by atoms with E-state index in [4.69, 9.17) is 67.8 Å². The molecule has 0 spiro atoms. The van der Waals surface area contributed by atoms with Gasteiger partial charge in [0.1, 0.15) is 0 Å². The van der Waals surface area contributed by atoms with Crippen LogP contribution in [0.25, 0.3) is 0 Å². The fourth-order valence-corrected chi connectivity index (χ4v) is 5.61. The minimum atomic E-state index is 0.0206. The Bertz CT molecular complexity index is 847. The third-order valence-electron chi connectivity index (χ3n) is 8.99. The zero-order valence-corrected chi connectivity index (χ0v) is 39.0. The van der Waals surface area contributed by atoms with Crippen molar-refractivity contribution in [1.82, 2.24) is 15.7 Å². The number of unbranched alkanes of at least 4 members (excludes halogenated alkanes) is 10. The molecule has 1 amide bonds. The summed E-state index contributed by atoms with van der Waals surface area (Å²) in [6.07, 6.45) is 14.3. The van der Waals surface area contributed by atoms with Gasteiger partial charge in [-0.15, -0.1) is 0 Å². The molecule has 0 aliphatic carbocycles. The number of rotatable bonds is 56.